The highest BCUT2D eigenvalue weighted by Crippen LogP contribution is 2.37. The standard InChI is InChI=1S/C19H22F4N4O2/c1-11(2)26(4)18(28)17-14(12-5-7-13(20)8-6-12)9-15(19(21,22)23)27(17)10-16(24)29-25-3/h5-9,11,24-25H,10H2,1-4H3. The number of halogens is 4. The highest BCUT2D eigenvalue weighted by Gasteiger charge is 2.39. The van der Waals surface area contributed by atoms with E-state index in [-0.39, 0.29) is 22.9 Å². The van der Waals surface area contributed by atoms with Gasteiger partial charge in [-0.05, 0) is 37.6 Å². The molecule has 29 heavy (non-hydrogen) atoms. The number of carbonyl (C=O) groups excluding carboxylic acids is 1. The van der Waals surface area contributed by atoms with Gasteiger partial charge in [-0.3, -0.25) is 10.2 Å². The summed E-state index contributed by atoms with van der Waals surface area (Å²) in [5.41, 5.74) is 1.10. The van der Waals surface area contributed by atoms with Crippen molar-refractivity contribution in [2.45, 2.75) is 32.6 Å². The van der Waals surface area contributed by atoms with E-state index in [0.29, 0.717) is 4.57 Å². The third kappa shape index (κ3) is 4.94. The lowest BCUT2D eigenvalue weighted by atomic mass is 10.0. The topological polar surface area (TPSA) is 70.3 Å². The van der Waals surface area contributed by atoms with Crippen LogP contribution in [0.4, 0.5) is 17.6 Å². The Labute approximate surface area is 165 Å². The maximum atomic E-state index is 13.7. The fraction of sp³-hybridized carbons (Fsp3) is 0.368. The van der Waals surface area contributed by atoms with Crippen LogP contribution in [0.25, 0.3) is 11.1 Å². The van der Waals surface area contributed by atoms with Crippen molar-refractivity contribution in [1.82, 2.24) is 14.9 Å². The lowest BCUT2D eigenvalue weighted by molar-refractivity contribution is -0.143. The Bertz CT molecular complexity index is 889. The Morgan fingerprint density at radius 1 is 1.28 bits per heavy atom. The van der Waals surface area contributed by atoms with Gasteiger partial charge in [0, 0.05) is 25.7 Å². The molecule has 1 heterocycles. The van der Waals surface area contributed by atoms with E-state index >= 15 is 0 Å². The number of carbonyl (C=O) groups is 1. The van der Waals surface area contributed by atoms with Crippen molar-refractivity contribution in [3.63, 3.8) is 0 Å². The van der Waals surface area contributed by atoms with Gasteiger partial charge >= 0.3 is 6.18 Å². The number of aromatic nitrogens is 1. The molecule has 10 heteroatoms. The molecule has 0 unspecified atom stereocenters. The van der Waals surface area contributed by atoms with Crippen molar-refractivity contribution in [3.05, 3.63) is 47.5 Å². The van der Waals surface area contributed by atoms with E-state index in [0.717, 1.165) is 18.2 Å². The number of hydrogen-bond donors (Lipinski definition) is 2. The molecular weight excluding hydrogens is 392 g/mol. The normalized spacial score (nSPS) is 11.6. The summed E-state index contributed by atoms with van der Waals surface area (Å²) in [5.74, 6) is -1.73. The fourth-order valence-corrected chi connectivity index (χ4v) is 2.73. The van der Waals surface area contributed by atoms with E-state index in [1.165, 1.54) is 31.1 Å². The van der Waals surface area contributed by atoms with Crippen LogP contribution in [0, 0.1) is 11.2 Å². The number of benzene rings is 1. The molecule has 6 nitrogen and oxygen atoms in total. The predicted octanol–water partition coefficient (Wildman–Crippen LogP) is 3.92. The molecule has 158 valence electrons. The molecule has 0 aliphatic carbocycles. The summed E-state index contributed by atoms with van der Waals surface area (Å²) in [7, 11) is 2.83. The van der Waals surface area contributed by atoms with Gasteiger partial charge in [-0.2, -0.15) is 18.7 Å². The summed E-state index contributed by atoms with van der Waals surface area (Å²) in [6.45, 7) is 2.82. The monoisotopic (exact) mass is 414 g/mol. The maximum absolute atomic E-state index is 13.7. The molecule has 1 aromatic heterocycles. The van der Waals surface area contributed by atoms with Gasteiger partial charge in [0.15, 0.2) is 0 Å². The average molecular weight is 414 g/mol. The van der Waals surface area contributed by atoms with Crippen molar-refractivity contribution in [1.29, 1.82) is 5.41 Å². The molecular formula is C19H22F4N4O2. The summed E-state index contributed by atoms with van der Waals surface area (Å²) in [5, 5.41) is 7.75. The van der Waals surface area contributed by atoms with Crippen LogP contribution in [0.5, 0.6) is 0 Å². The molecule has 0 saturated heterocycles. The minimum Gasteiger partial charge on any atom is -0.392 e. The van der Waals surface area contributed by atoms with Crippen LogP contribution in [0.2, 0.25) is 0 Å². The van der Waals surface area contributed by atoms with E-state index < -0.39 is 36.0 Å². The van der Waals surface area contributed by atoms with E-state index in [9.17, 15) is 22.4 Å². The Hall–Kier alpha value is -2.88. The number of amides is 1. The van der Waals surface area contributed by atoms with Crippen LogP contribution in [-0.4, -0.2) is 41.4 Å². The second-order valence-electron chi connectivity index (χ2n) is 6.62. The first-order valence-electron chi connectivity index (χ1n) is 8.72. The van der Waals surface area contributed by atoms with Gasteiger partial charge in [0.05, 0.1) is 0 Å². The van der Waals surface area contributed by atoms with Gasteiger partial charge in [-0.25, -0.2) is 4.39 Å². The minimum absolute atomic E-state index is 0.00733. The lowest BCUT2D eigenvalue weighted by Gasteiger charge is -2.24. The van der Waals surface area contributed by atoms with Crippen LogP contribution in [0.3, 0.4) is 0 Å². The first-order valence-corrected chi connectivity index (χ1v) is 8.72. The van der Waals surface area contributed by atoms with Crippen molar-refractivity contribution < 1.29 is 27.2 Å². The first-order chi connectivity index (χ1) is 13.5. The van der Waals surface area contributed by atoms with E-state index in [2.05, 4.69) is 5.48 Å². The number of hydroxylamine groups is 1. The number of alkyl halides is 3. The molecule has 0 aliphatic rings. The summed E-state index contributed by atoms with van der Waals surface area (Å²) >= 11 is 0. The SMILES string of the molecule is CNOC(=N)Cn1c(C(F)(F)F)cc(-c2ccc(F)cc2)c1C(=O)N(C)C(C)C. The van der Waals surface area contributed by atoms with Crippen molar-refractivity contribution in [2.75, 3.05) is 14.1 Å². The second kappa shape index (κ2) is 8.64. The molecule has 0 saturated carbocycles. The van der Waals surface area contributed by atoms with Gasteiger partial charge in [0.25, 0.3) is 5.91 Å². The maximum Gasteiger partial charge on any atom is 0.431 e. The number of hydrogen-bond acceptors (Lipinski definition) is 4. The number of rotatable bonds is 6. The molecule has 1 aromatic carbocycles. The zero-order chi connectivity index (χ0) is 21.9. The average Bonchev–Trinajstić information content (AvgIpc) is 3.00. The zero-order valence-corrected chi connectivity index (χ0v) is 16.4. The van der Waals surface area contributed by atoms with Crippen molar-refractivity contribution in [2.24, 2.45) is 0 Å². The van der Waals surface area contributed by atoms with Crippen LogP contribution in [-0.2, 0) is 17.6 Å². The van der Waals surface area contributed by atoms with Gasteiger partial charge < -0.3 is 14.3 Å². The summed E-state index contributed by atoms with van der Waals surface area (Å²) < 4.78 is 55.3. The Morgan fingerprint density at radius 2 is 1.86 bits per heavy atom. The van der Waals surface area contributed by atoms with E-state index in [1.807, 2.05) is 0 Å². The highest BCUT2D eigenvalue weighted by atomic mass is 19.4. The Balaban J connectivity index is 2.77. The largest absolute Gasteiger partial charge is 0.431 e. The lowest BCUT2D eigenvalue weighted by Crippen LogP contribution is -2.36. The first kappa shape index (κ1) is 22.4. The summed E-state index contributed by atoms with van der Waals surface area (Å²) in [4.78, 5) is 19.1. The minimum atomic E-state index is -4.79. The smallest absolute Gasteiger partial charge is 0.392 e. The fourth-order valence-electron chi connectivity index (χ4n) is 2.73. The number of nitrogens with one attached hydrogen (secondary N) is 2. The quantitative estimate of drug-likeness (QED) is 0.326. The second-order valence-corrected chi connectivity index (χ2v) is 6.62. The highest BCUT2D eigenvalue weighted by molar-refractivity contribution is 6.00. The molecule has 1 amide bonds. The molecule has 2 N–H and O–H groups in total. The van der Waals surface area contributed by atoms with Crippen LogP contribution < -0.4 is 5.48 Å². The van der Waals surface area contributed by atoms with Crippen LogP contribution in [0.1, 0.15) is 30.0 Å². The van der Waals surface area contributed by atoms with Gasteiger partial charge in [0.2, 0.25) is 5.90 Å². The molecule has 0 radical (unpaired) electrons. The molecule has 2 aromatic rings. The molecule has 0 atom stereocenters. The third-order valence-corrected chi connectivity index (χ3v) is 4.37. The van der Waals surface area contributed by atoms with Crippen molar-refractivity contribution >= 4 is 11.8 Å². The molecule has 2 rings (SSSR count). The van der Waals surface area contributed by atoms with Gasteiger partial charge in [-0.1, -0.05) is 12.1 Å². The van der Waals surface area contributed by atoms with Gasteiger partial charge in [0.1, 0.15) is 23.7 Å². The predicted molar refractivity (Wildman–Crippen MR) is 99.9 cm³/mol. The van der Waals surface area contributed by atoms with E-state index in [1.54, 1.807) is 13.8 Å². The molecule has 0 aliphatic heterocycles. The Kier molecular flexibility index (Phi) is 6.68. The third-order valence-electron chi connectivity index (χ3n) is 4.37. The van der Waals surface area contributed by atoms with E-state index in [4.69, 9.17) is 10.2 Å². The number of nitrogens with zero attached hydrogens (tertiary/aromatic N) is 2. The van der Waals surface area contributed by atoms with Crippen LogP contribution >= 0.6 is 0 Å². The zero-order valence-electron chi connectivity index (χ0n) is 16.4. The molecule has 0 bridgehead atoms. The Morgan fingerprint density at radius 3 is 2.34 bits per heavy atom. The van der Waals surface area contributed by atoms with Crippen molar-refractivity contribution in [3.8, 4) is 11.1 Å². The summed E-state index contributed by atoms with van der Waals surface area (Å²) in [6, 6.07) is 5.36. The summed E-state index contributed by atoms with van der Waals surface area (Å²) in [6.07, 6.45) is -4.79. The van der Waals surface area contributed by atoms with Gasteiger partial charge in [-0.15, -0.1) is 0 Å². The molecule has 0 spiro atoms. The molecule has 0 fully saturated rings. The van der Waals surface area contributed by atoms with Crippen LogP contribution in [0.15, 0.2) is 30.3 Å².